The Morgan fingerprint density at radius 1 is 1.30 bits per heavy atom. The Labute approximate surface area is 119 Å². The molecule has 2 rings (SSSR count). The van der Waals surface area contributed by atoms with Crippen LogP contribution in [0.5, 0.6) is 5.75 Å². The van der Waals surface area contributed by atoms with E-state index in [4.69, 9.17) is 4.74 Å². The molecular weight excluding hydrogens is 305 g/mol. The Kier molecular flexibility index (Phi) is 4.50. The molecule has 0 spiro atoms. The second kappa shape index (κ2) is 6.14. The number of halogens is 1. The van der Waals surface area contributed by atoms with Crippen molar-refractivity contribution in [2.45, 2.75) is 6.92 Å². The number of sulfonamides is 1. The highest BCUT2D eigenvalue weighted by Gasteiger charge is 2.13. The number of aromatic nitrogens is 2. The minimum absolute atomic E-state index is 0.0429. The van der Waals surface area contributed by atoms with Gasteiger partial charge in [0.15, 0.2) is 0 Å². The first-order valence-electron chi connectivity index (χ1n) is 5.63. The molecule has 1 aromatic heterocycles. The van der Waals surface area contributed by atoms with Gasteiger partial charge in [-0.2, -0.15) is 0 Å². The third-order valence-electron chi connectivity index (χ3n) is 2.20. The van der Waals surface area contributed by atoms with Crippen molar-refractivity contribution in [2.24, 2.45) is 0 Å². The van der Waals surface area contributed by atoms with Gasteiger partial charge in [0, 0.05) is 0 Å². The molecule has 0 radical (unpaired) electrons. The van der Waals surface area contributed by atoms with Crippen molar-refractivity contribution >= 4 is 26.5 Å². The Bertz CT molecular complexity index is 670. The van der Waals surface area contributed by atoms with Gasteiger partial charge >= 0.3 is 0 Å². The van der Waals surface area contributed by atoms with Gasteiger partial charge in [0.1, 0.15) is 28.9 Å². The Hall–Kier alpha value is -1.74. The summed E-state index contributed by atoms with van der Waals surface area (Å²) in [7, 11) is -3.54. The number of aryl methyl sites for hydroxylation is 1. The van der Waals surface area contributed by atoms with Gasteiger partial charge in [-0.05, 0) is 31.2 Å². The molecule has 1 aromatic carbocycles. The highest BCUT2D eigenvalue weighted by molar-refractivity contribution is 7.92. The molecule has 20 heavy (non-hydrogen) atoms. The van der Waals surface area contributed by atoms with Crippen LogP contribution in [0.15, 0.2) is 24.3 Å². The lowest BCUT2D eigenvalue weighted by atomic mass is 10.3. The second-order valence-corrected chi connectivity index (χ2v) is 6.87. The molecule has 0 amide bonds. The van der Waals surface area contributed by atoms with Crippen LogP contribution in [0.3, 0.4) is 0 Å². The van der Waals surface area contributed by atoms with Gasteiger partial charge in [-0.3, -0.25) is 4.72 Å². The fourth-order valence-corrected chi connectivity index (χ4v) is 3.02. The number of nitrogens with zero attached hydrogens (tertiary/aromatic N) is 2. The molecular formula is C11H12FN3O3S2. The fraction of sp³-hybridized carbons (Fsp3) is 0.273. The van der Waals surface area contributed by atoms with E-state index >= 15 is 0 Å². The van der Waals surface area contributed by atoms with E-state index in [1.807, 2.05) is 0 Å². The van der Waals surface area contributed by atoms with Crippen LogP contribution in [0.4, 0.5) is 9.52 Å². The number of hydrogen-bond donors (Lipinski definition) is 1. The van der Waals surface area contributed by atoms with Crippen molar-refractivity contribution in [1.29, 1.82) is 0 Å². The van der Waals surface area contributed by atoms with E-state index in [-0.39, 0.29) is 23.3 Å². The van der Waals surface area contributed by atoms with Gasteiger partial charge < -0.3 is 4.74 Å². The normalized spacial score (nSPS) is 11.3. The summed E-state index contributed by atoms with van der Waals surface area (Å²) >= 11 is 1.15. The largest absolute Gasteiger partial charge is 0.492 e. The summed E-state index contributed by atoms with van der Waals surface area (Å²) in [5, 5.41) is 8.28. The van der Waals surface area contributed by atoms with Crippen molar-refractivity contribution in [3.05, 3.63) is 35.1 Å². The standard InChI is InChI=1S/C11H12FN3O3S2/c1-8-13-14-11(19-8)15-20(16,17)7-6-18-10-4-2-9(12)3-5-10/h2-5H,6-7H2,1H3,(H,14,15). The summed E-state index contributed by atoms with van der Waals surface area (Å²) in [6.07, 6.45) is 0. The highest BCUT2D eigenvalue weighted by Crippen LogP contribution is 2.15. The van der Waals surface area contributed by atoms with Gasteiger partial charge in [-0.1, -0.05) is 11.3 Å². The third kappa shape index (κ3) is 4.42. The first kappa shape index (κ1) is 14.7. The number of ether oxygens (including phenoxy) is 1. The molecule has 0 atom stereocenters. The van der Waals surface area contributed by atoms with Crippen LogP contribution in [-0.4, -0.2) is 31.0 Å². The molecule has 0 saturated heterocycles. The summed E-state index contributed by atoms with van der Waals surface area (Å²) in [6, 6.07) is 5.35. The molecule has 1 N–H and O–H groups in total. The van der Waals surface area contributed by atoms with Gasteiger partial charge in [-0.15, -0.1) is 10.2 Å². The molecule has 2 aromatic rings. The molecule has 0 unspecified atom stereocenters. The summed E-state index contributed by atoms with van der Waals surface area (Å²) in [6.45, 7) is 1.69. The van der Waals surface area contributed by atoms with Crippen LogP contribution in [-0.2, 0) is 10.0 Å². The number of hydrogen-bond acceptors (Lipinski definition) is 6. The van der Waals surface area contributed by atoms with E-state index < -0.39 is 10.0 Å². The quantitative estimate of drug-likeness (QED) is 0.878. The number of benzene rings is 1. The molecule has 0 aliphatic carbocycles. The first-order valence-corrected chi connectivity index (χ1v) is 8.10. The van der Waals surface area contributed by atoms with E-state index in [9.17, 15) is 12.8 Å². The fourth-order valence-electron chi connectivity index (χ4n) is 1.32. The van der Waals surface area contributed by atoms with Crippen molar-refractivity contribution in [2.75, 3.05) is 17.1 Å². The van der Waals surface area contributed by atoms with Gasteiger partial charge in [0.2, 0.25) is 15.2 Å². The Morgan fingerprint density at radius 2 is 2.00 bits per heavy atom. The smallest absolute Gasteiger partial charge is 0.237 e. The molecule has 108 valence electrons. The van der Waals surface area contributed by atoms with E-state index in [1.54, 1.807) is 6.92 Å². The minimum atomic E-state index is -3.54. The summed E-state index contributed by atoms with van der Waals surface area (Å²) in [5.41, 5.74) is 0. The van der Waals surface area contributed by atoms with E-state index in [2.05, 4.69) is 14.9 Å². The lowest BCUT2D eigenvalue weighted by Crippen LogP contribution is -2.21. The molecule has 0 aliphatic heterocycles. The van der Waals surface area contributed by atoms with Gasteiger partial charge in [0.25, 0.3) is 0 Å². The van der Waals surface area contributed by atoms with E-state index in [1.165, 1.54) is 24.3 Å². The van der Waals surface area contributed by atoms with Crippen molar-refractivity contribution in [3.63, 3.8) is 0 Å². The SMILES string of the molecule is Cc1nnc(NS(=O)(=O)CCOc2ccc(F)cc2)s1. The van der Waals surface area contributed by atoms with Gasteiger partial charge in [-0.25, -0.2) is 12.8 Å². The summed E-state index contributed by atoms with van der Waals surface area (Å²) in [5.74, 6) is -0.199. The molecule has 6 nitrogen and oxygen atoms in total. The monoisotopic (exact) mass is 317 g/mol. The van der Waals surface area contributed by atoms with Crippen molar-refractivity contribution in [3.8, 4) is 5.75 Å². The van der Waals surface area contributed by atoms with Crippen LogP contribution in [0.2, 0.25) is 0 Å². The predicted molar refractivity (Wildman–Crippen MR) is 74.0 cm³/mol. The third-order valence-corrected chi connectivity index (χ3v) is 4.30. The molecule has 0 fully saturated rings. The van der Waals surface area contributed by atoms with Gasteiger partial charge in [0.05, 0.1) is 0 Å². The van der Waals surface area contributed by atoms with Crippen LogP contribution in [0.25, 0.3) is 0 Å². The maximum absolute atomic E-state index is 12.7. The Morgan fingerprint density at radius 3 is 2.60 bits per heavy atom. The summed E-state index contributed by atoms with van der Waals surface area (Å²) in [4.78, 5) is 0. The maximum atomic E-state index is 12.7. The van der Waals surface area contributed by atoms with E-state index in [0.29, 0.717) is 10.8 Å². The number of nitrogens with one attached hydrogen (secondary N) is 1. The first-order chi connectivity index (χ1) is 9.44. The number of anilines is 1. The highest BCUT2D eigenvalue weighted by atomic mass is 32.2. The second-order valence-electron chi connectivity index (χ2n) is 3.85. The molecule has 0 saturated carbocycles. The average molecular weight is 317 g/mol. The topological polar surface area (TPSA) is 81.2 Å². The van der Waals surface area contributed by atoms with Crippen molar-refractivity contribution < 1.29 is 17.5 Å². The van der Waals surface area contributed by atoms with E-state index in [0.717, 1.165) is 11.3 Å². The van der Waals surface area contributed by atoms with Crippen molar-refractivity contribution in [1.82, 2.24) is 10.2 Å². The lowest BCUT2D eigenvalue weighted by molar-refractivity contribution is 0.340. The molecule has 0 bridgehead atoms. The minimum Gasteiger partial charge on any atom is -0.492 e. The lowest BCUT2D eigenvalue weighted by Gasteiger charge is -2.07. The molecule has 1 heterocycles. The van der Waals surface area contributed by atoms with Crippen LogP contribution < -0.4 is 9.46 Å². The zero-order valence-electron chi connectivity index (χ0n) is 10.5. The molecule has 0 aliphatic rings. The summed E-state index contributed by atoms with van der Waals surface area (Å²) < 4.78 is 43.7. The maximum Gasteiger partial charge on any atom is 0.237 e. The Balaban J connectivity index is 1.84. The average Bonchev–Trinajstić information content (AvgIpc) is 2.76. The predicted octanol–water partition coefficient (Wildman–Crippen LogP) is 1.81. The van der Waals surface area contributed by atoms with Crippen LogP contribution >= 0.6 is 11.3 Å². The number of rotatable bonds is 6. The zero-order valence-corrected chi connectivity index (χ0v) is 12.2. The zero-order chi connectivity index (χ0) is 14.6. The van der Waals surface area contributed by atoms with Crippen LogP contribution in [0.1, 0.15) is 5.01 Å². The molecule has 9 heteroatoms. The van der Waals surface area contributed by atoms with Crippen LogP contribution in [0, 0.1) is 12.7 Å².